The predicted molar refractivity (Wildman–Crippen MR) is 67.6 cm³/mol. The summed E-state index contributed by atoms with van der Waals surface area (Å²) in [6.45, 7) is -0.0419. The van der Waals surface area contributed by atoms with Crippen LogP contribution in [0.4, 0.5) is 0 Å². The summed E-state index contributed by atoms with van der Waals surface area (Å²) < 4.78 is 11.7. The Kier molecular flexibility index (Phi) is 4.98. The molecule has 8 nitrogen and oxygen atoms in total. The summed E-state index contributed by atoms with van der Waals surface area (Å²) in [4.78, 5) is 19.7. The third-order valence-corrected chi connectivity index (χ3v) is 3.35. The predicted octanol–water partition coefficient (Wildman–Crippen LogP) is -1.79. The van der Waals surface area contributed by atoms with Crippen molar-refractivity contribution in [2.45, 2.75) is 24.5 Å². The monoisotopic (exact) mass is 303 g/mol. The van der Waals surface area contributed by atoms with E-state index in [0.29, 0.717) is 0 Å². The Balaban J connectivity index is 2.16. The SMILES string of the molecule is NC(=O)c1ccc[n+]([C@@H]2O[C@H](COPO)[C@@H](O)[C@H]2O)c1. The maximum Gasteiger partial charge on any atom is 0.292 e. The van der Waals surface area contributed by atoms with Gasteiger partial charge in [-0.1, -0.05) is 0 Å². The lowest BCUT2D eigenvalue weighted by Crippen LogP contribution is -2.46. The van der Waals surface area contributed by atoms with Gasteiger partial charge in [0.05, 0.1) is 6.61 Å². The maximum atomic E-state index is 11.1. The molecule has 2 rings (SSSR count). The minimum Gasteiger partial charge on any atom is -0.387 e. The smallest absolute Gasteiger partial charge is 0.292 e. The lowest BCUT2D eigenvalue weighted by Gasteiger charge is -2.11. The molecule has 0 bridgehead atoms. The lowest BCUT2D eigenvalue weighted by molar-refractivity contribution is -0.765. The minimum absolute atomic E-state index is 0.0419. The Labute approximate surface area is 116 Å². The summed E-state index contributed by atoms with van der Waals surface area (Å²) in [5.41, 5.74) is 5.44. The number of primary amides is 1. The van der Waals surface area contributed by atoms with Gasteiger partial charge in [0.15, 0.2) is 27.5 Å². The van der Waals surface area contributed by atoms with Gasteiger partial charge in [0.25, 0.3) is 12.1 Å². The summed E-state index contributed by atoms with van der Waals surface area (Å²) in [5.74, 6) is -0.603. The van der Waals surface area contributed by atoms with E-state index in [9.17, 15) is 15.0 Å². The minimum atomic E-state index is -1.18. The van der Waals surface area contributed by atoms with Crippen molar-refractivity contribution < 1.29 is 33.7 Å². The van der Waals surface area contributed by atoms with Crippen LogP contribution in [0.25, 0.3) is 0 Å². The molecule has 9 heteroatoms. The summed E-state index contributed by atoms with van der Waals surface area (Å²) in [6.07, 6.45) is -0.941. The van der Waals surface area contributed by atoms with E-state index in [1.54, 1.807) is 12.3 Å². The molecule has 5 atom stereocenters. The molecule has 1 aliphatic rings. The van der Waals surface area contributed by atoms with Gasteiger partial charge in [0.1, 0.15) is 17.8 Å². The standard InChI is InChI=1S/C11H15N2O6P/c12-10(16)6-2-1-3-13(4-6)11-9(15)8(14)7(19-11)5-18-20-17/h1-4,7-9,11,14-15,17,20H,5H2,(H-,12,16)/p+1/t7-,8-,9-,11-/m1/s1. The number of nitrogens with zero attached hydrogens (tertiary/aromatic N) is 1. The fourth-order valence-electron chi connectivity index (χ4n) is 2.03. The molecule has 110 valence electrons. The number of carbonyl (C=O) groups is 1. The fraction of sp³-hybridized carbons (Fsp3) is 0.455. The van der Waals surface area contributed by atoms with Crippen LogP contribution in [-0.2, 0) is 9.26 Å². The fourth-order valence-corrected chi connectivity index (χ4v) is 2.27. The van der Waals surface area contributed by atoms with Gasteiger partial charge in [-0.05, 0) is 6.07 Å². The normalized spacial score (nSPS) is 30.1. The zero-order valence-corrected chi connectivity index (χ0v) is 11.4. The van der Waals surface area contributed by atoms with Gasteiger partial charge in [-0.2, -0.15) is 4.57 Å². The summed E-state index contributed by atoms with van der Waals surface area (Å²) in [7, 11) is -0.721. The first-order valence-corrected chi connectivity index (χ1v) is 6.73. The Morgan fingerprint density at radius 3 is 2.90 bits per heavy atom. The third kappa shape index (κ3) is 3.12. The Morgan fingerprint density at radius 1 is 1.50 bits per heavy atom. The second-order valence-electron chi connectivity index (χ2n) is 4.35. The molecule has 1 aliphatic heterocycles. The van der Waals surface area contributed by atoms with E-state index in [4.69, 9.17) is 19.9 Å². The van der Waals surface area contributed by atoms with Crippen LogP contribution in [0, 0.1) is 0 Å². The molecule has 1 aromatic rings. The quantitative estimate of drug-likeness (QED) is 0.376. The molecule has 20 heavy (non-hydrogen) atoms. The molecule has 0 saturated carbocycles. The number of amides is 1. The zero-order chi connectivity index (χ0) is 14.7. The van der Waals surface area contributed by atoms with Crippen LogP contribution in [0.1, 0.15) is 16.6 Å². The lowest BCUT2D eigenvalue weighted by atomic mass is 10.1. The summed E-state index contributed by atoms with van der Waals surface area (Å²) in [6, 6.07) is 3.12. The van der Waals surface area contributed by atoms with Crippen molar-refractivity contribution in [2.24, 2.45) is 5.73 Å². The van der Waals surface area contributed by atoms with E-state index in [0.717, 1.165) is 0 Å². The average Bonchev–Trinajstić information content (AvgIpc) is 2.73. The average molecular weight is 303 g/mol. The molecule has 0 aliphatic carbocycles. The number of aromatic nitrogens is 1. The maximum absolute atomic E-state index is 11.1. The van der Waals surface area contributed by atoms with Gasteiger partial charge in [0, 0.05) is 6.07 Å². The Bertz CT molecular complexity index is 488. The number of carbonyl (C=O) groups excluding carboxylic acids is 1. The number of ether oxygens (including phenoxy) is 1. The van der Waals surface area contributed by atoms with E-state index < -0.39 is 39.5 Å². The Hall–Kier alpha value is -1.15. The summed E-state index contributed by atoms with van der Waals surface area (Å²) >= 11 is 0. The summed E-state index contributed by atoms with van der Waals surface area (Å²) in [5, 5.41) is 19.8. The first-order valence-electron chi connectivity index (χ1n) is 5.87. The van der Waals surface area contributed by atoms with E-state index in [1.807, 2.05) is 0 Å². The molecular formula is C11H16N2O6P+. The first-order chi connectivity index (χ1) is 9.54. The van der Waals surface area contributed by atoms with Gasteiger partial charge in [-0.25, -0.2) is 0 Å². The zero-order valence-electron chi connectivity index (χ0n) is 10.4. The van der Waals surface area contributed by atoms with Crippen molar-refractivity contribution >= 4 is 14.9 Å². The third-order valence-electron chi connectivity index (χ3n) is 3.05. The molecule has 1 unspecified atom stereocenters. The van der Waals surface area contributed by atoms with E-state index in [2.05, 4.69) is 0 Å². The highest BCUT2D eigenvalue weighted by molar-refractivity contribution is 7.24. The van der Waals surface area contributed by atoms with Crippen molar-refractivity contribution in [1.82, 2.24) is 0 Å². The molecular weight excluding hydrogens is 287 g/mol. The van der Waals surface area contributed by atoms with Crippen LogP contribution in [-0.4, -0.2) is 45.9 Å². The molecule has 5 N–H and O–H groups in total. The van der Waals surface area contributed by atoms with Crippen molar-refractivity contribution in [2.75, 3.05) is 6.61 Å². The largest absolute Gasteiger partial charge is 0.387 e. The first kappa shape index (κ1) is 15.2. The van der Waals surface area contributed by atoms with Crippen LogP contribution in [0.15, 0.2) is 24.5 Å². The number of hydrogen-bond donors (Lipinski definition) is 4. The molecule has 2 heterocycles. The van der Waals surface area contributed by atoms with Gasteiger partial charge in [0.2, 0.25) is 0 Å². The van der Waals surface area contributed by atoms with Crippen molar-refractivity contribution in [3.63, 3.8) is 0 Å². The van der Waals surface area contributed by atoms with Gasteiger partial charge in [-0.3, -0.25) is 4.79 Å². The van der Waals surface area contributed by atoms with Crippen LogP contribution < -0.4 is 10.3 Å². The molecule has 1 aromatic heterocycles. The van der Waals surface area contributed by atoms with Gasteiger partial charge in [-0.15, -0.1) is 0 Å². The molecule has 1 fully saturated rings. The number of rotatable bonds is 5. The van der Waals surface area contributed by atoms with Gasteiger partial charge >= 0.3 is 0 Å². The second kappa shape index (κ2) is 6.53. The van der Waals surface area contributed by atoms with Crippen LogP contribution in [0.2, 0.25) is 0 Å². The van der Waals surface area contributed by atoms with Crippen LogP contribution >= 0.6 is 9.03 Å². The highest BCUT2D eigenvalue weighted by Crippen LogP contribution is 2.26. The van der Waals surface area contributed by atoms with Crippen LogP contribution in [0.5, 0.6) is 0 Å². The van der Waals surface area contributed by atoms with E-state index in [1.165, 1.54) is 16.8 Å². The molecule has 0 aromatic carbocycles. The van der Waals surface area contributed by atoms with Crippen LogP contribution in [0.3, 0.4) is 0 Å². The molecule has 0 spiro atoms. The molecule has 1 saturated heterocycles. The highest BCUT2D eigenvalue weighted by Gasteiger charge is 2.48. The Morgan fingerprint density at radius 2 is 2.25 bits per heavy atom. The van der Waals surface area contributed by atoms with Crippen molar-refractivity contribution in [1.29, 1.82) is 0 Å². The highest BCUT2D eigenvalue weighted by atomic mass is 31.1. The number of nitrogens with two attached hydrogens (primary N) is 1. The van der Waals surface area contributed by atoms with E-state index in [-0.39, 0.29) is 12.2 Å². The van der Waals surface area contributed by atoms with Crippen molar-refractivity contribution in [3.05, 3.63) is 30.1 Å². The number of pyridine rings is 1. The second-order valence-corrected chi connectivity index (χ2v) is 4.82. The molecule has 0 radical (unpaired) electrons. The number of aliphatic hydroxyl groups is 2. The van der Waals surface area contributed by atoms with E-state index >= 15 is 0 Å². The topological polar surface area (TPSA) is 126 Å². The number of aliphatic hydroxyl groups excluding tert-OH is 2. The number of hydrogen-bond acceptors (Lipinski definition) is 6. The van der Waals surface area contributed by atoms with Crippen molar-refractivity contribution in [3.8, 4) is 0 Å². The van der Waals surface area contributed by atoms with Gasteiger partial charge < -0.3 is 30.1 Å². The molecule has 1 amide bonds.